The molecule has 2 aromatic heterocycles. The summed E-state index contributed by atoms with van der Waals surface area (Å²) < 4.78 is 8.18. The molecule has 0 fully saturated rings. The number of amides is 1. The average Bonchev–Trinajstić information content (AvgIpc) is 3.24. The van der Waals surface area contributed by atoms with Gasteiger partial charge in [-0.05, 0) is 59.6 Å². The van der Waals surface area contributed by atoms with Gasteiger partial charge in [-0.2, -0.15) is 0 Å². The summed E-state index contributed by atoms with van der Waals surface area (Å²) in [5, 5.41) is 11.9. The minimum atomic E-state index is -0.0974. The maximum atomic E-state index is 12.2. The molecule has 3 aromatic rings. The van der Waals surface area contributed by atoms with Crippen LogP contribution in [0.3, 0.4) is 0 Å². The molecule has 1 N–H and O–H groups in total. The van der Waals surface area contributed by atoms with Crippen LogP contribution < -0.4 is 5.32 Å². The van der Waals surface area contributed by atoms with Gasteiger partial charge in [0.15, 0.2) is 16.7 Å². The number of nitrogens with one attached hydrogen (secondary N) is 1. The van der Waals surface area contributed by atoms with Crippen molar-refractivity contribution in [3.05, 3.63) is 46.6 Å². The zero-order valence-electron chi connectivity index (χ0n) is 13.8. The number of aryl methyl sites for hydroxylation is 1. The Morgan fingerprint density at radius 1 is 1.36 bits per heavy atom. The first-order valence-electron chi connectivity index (χ1n) is 7.74. The largest absolute Gasteiger partial charge is 0.461 e. The summed E-state index contributed by atoms with van der Waals surface area (Å²) in [5.41, 5.74) is 1.88. The first kappa shape index (κ1) is 17.8. The van der Waals surface area contributed by atoms with Gasteiger partial charge >= 0.3 is 0 Å². The van der Waals surface area contributed by atoms with Crippen molar-refractivity contribution < 1.29 is 9.21 Å². The van der Waals surface area contributed by atoms with Gasteiger partial charge in [0.25, 0.3) is 0 Å². The second-order valence-electron chi connectivity index (χ2n) is 5.35. The number of furan rings is 1. The van der Waals surface area contributed by atoms with E-state index in [0.29, 0.717) is 23.3 Å². The van der Waals surface area contributed by atoms with Crippen LogP contribution in [0.25, 0.3) is 11.6 Å². The number of carbonyl (C=O) groups excluding carboxylic acids is 1. The number of hydrogen-bond donors (Lipinski definition) is 1. The molecule has 0 bridgehead atoms. The van der Waals surface area contributed by atoms with Crippen molar-refractivity contribution in [3.63, 3.8) is 0 Å². The first-order chi connectivity index (χ1) is 12.1. The zero-order chi connectivity index (χ0) is 17.8. The molecule has 0 saturated carbocycles. The predicted molar refractivity (Wildman–Crippen MR) is 102 cm³/mol. The van der Waals surface area contributed by atoms with Gasteiger partial charge in [0.1, 0.15) is 0 Å². The van der Waals surface area contributed by atoms with Crippen molar-refractivity contribution in [2.75, 3.05) is 11.1 Å². The highest BCUT2D eigenvalue weighted by atomic mass is 79.9. The molecule has 3 rings (SSSR count). The average molecular weight is 421 g/mol. The SMILES string of the molecule is CCn1c(SCC(=O)Nc2ccc(C)cc2Br)nnc1-c1ccco1. The molecular formula is C17H17BrN4O2S. The Morgan fingerprint density at radius 3 is 2.88 bits per heavy atom. The van der Waals surface area contributed by atoms with Gasteiger partial charge in [0, 0.05) is 11.0 Å². The summed E-state index contributed by atoms with van der Waals surface area (Å²) in [7, 11) is 0. The quantitative estimate of drug-likeness (QED) is 0.599. The lowest BCUT2D eigenvalue weighted by molar-refractivity contribution is -0.113. The monoisotopic (exact) mass is 420 g/mol. The number of halogens is 1. The van der Waals surface area contributed by atoms with Gasteiger partial charge in [-0.3, -0.25) is 9.36 Å². The number of thioether (sulfide) groups is 1. The molecule has 1 aromatic carbocycles. The molecule has 25 heavy (non-hydrogen) atoms. The third kappa shape index (κ3) is 4.13. The Kier molecular flexibility index (Phi) is 5.60. The maximum Gasteiger partial charge on any atom is 0.234 e. The van der Waals surface area contributed by atoms with Gasteiger partial charge in [0.05, 0.1) is 17.7 Å². The Morgan fingerprint density at radius 2 is 2.20 bits per heavy atom. The number of nitrogens with zero attached hydrogens (tertiary/aromatic N) is 3. The standard InChI is InChI=1S/C17H17BrN4O2S/c1-3-22-16(14-5-4-8-24-14)20-21-17(22)25-10-15(23)19-13-7-6-11(2)9-12(13)18/h4-9H,3,10H2,1-2H3,(H,19,23). The number of carbonyl (C=O) groups is 1. The molecule has 6 nitrogen and oxygen atoms in total. The van der Waals surface area contributed by atoms with Gasteiger partial charge < -0.3 is 9.73 Å². The molecule has 0 saturated heterocycles. The normalized spacial score (nSPS) is 10.8. The summed E-state index contributed by atoms with van der Waals surface area (Å²) in [6, 6.07) is 9.45. The van der Waals surface area contributed by atoms with Crippen molar-refractivity contribution >= 4 is 39.3 Å². The Balaban J connectivity index is 1.66. The fourth-order valence-electron chi connectivity index (χ4n) is 2.31. The second kappa shape index (κ2) is 7.88. The van der Waals surface area contributed by atoms with Gasteiger partial charge in [0.2, 0.25) is 5.91 Å². The highest BCUT2D eigenvalue weighted by molar-refractivity contribution is 9.10. The minimum Gasteiger partial charge on any atom is -0.461 e. The zero-order valence-corrected chi connectivity index (χ0v) is 16.2. The third-order valence-corrected chi connectivity index (χ3v) is 5.13. The Bertz CT molecular complexity index is 877. The number of rotatable bonds is 6. The molecule has 130 valence electrons. The molecule has 0 aliphatic heterocycles. The van der Waals surface area contributed by atoms with Crippen LogP contribution in [-0.2, 0) is 11.3 Å². The van der Waals surface area contributed by atoms with Crippen LogP contribution in [-0.4, -0.2) is 26.4 Å². The predicted octanol–water partition coefficient (Wildman–Crippen LogP) is 4.36. The molecular weight excluding hydrogens is 404 g/mol. The highest BCUT2D eigenvalue weighted by Crippen LogP contribution is 2.26. The van der Waals surface area contributed by atoms with E-state index in [4.69, 9.17) is 4.42 Å². The van der Waals surface area contributed by atoms with Crippen molar-refractivity contribution in [1.82, 2.24) is 14.8 Å². The lowest BCUT2D eigenvalue weighted by Gasteiger charge is -2.08. The van der Waals surface area contributed by atoms with E-state index in [1.165, 1.54) is 11.8 Å². The second-order valence-corrected chi connectivity index (χ2v) is 7.14. The van der Waals surface area contributed by atoms with E-state index in [1.54, 1.807) is 6.26 Å². The number of aromatic nitrogens is 3. The van der Waals surface area contributed by atoms with E-state index >= 15 is 0 Å². The van der Waals surface area contributed by atoms with E-state index in [0.717, 1.165) is 15.7 Å². The molecule has 0 radical (unpaired) electrons. The first-order valence-corrected chi connectivity index (χ1v) is 9.52. The van der Waals surface area contributed by atoms with Gasteiger partial charge in [-0.15, -0.1) is 10.2 Å². The summed E-state index contributed by atoms with van der Waals surface area (Å²) in [6.45, 7) is 4.69. The fourth-order valence-corrected chi connectivity index (χ4v) is 3.70. The topological polar surface area (TPSA) is 73.0 Å². The molecule has 0 aliphatic carbocycles. The number of anilines is 1. The highest BCUT2D eigenvalue weighted by Gasteiger charge is 2.16. The lowest BCUT2D eigenvalue weighted by Crippen LogP contribution is -2.15. The van der Waals surface area contributed by atoms with E-state index in [2.05, 4.69) is 31.4 Å². The summed E-state index contributed by atoms with van der Waals surface area (Å²) in [4.78, 5) is 12.2. The fraction of sp³-hybridized carbons (Fsp3) is 0.235. The summed E-state index contributed by atoms with van der Waals surface area (Å²) in [5.74, 6) is 1.47. The number of hydrogen-bond acceptors (Lipinski definition) is 5. The molecule has 8 heteroatoms. The van der Waals surface area contributed by atoms with E-state index < -0.39 is 0 Å². The minimum absolute atomic E-state index is 0.0974. The molecule has 0 unspecified atom stereocenters. The van der Waals surface area contributed by atoms with Crippen LogP contribution in [0.5, 0.6) is 0 Å². The summed E-state index contributed by atoms with van der Waals surface area (Å²) >= 11 is 4.81. The van der Waals surface area contributed by atoms with Crippen LogP contribution in [0.1, 0.15) is 12.5 Å². The van der Waals surface area contributed by atoms with Crippen molar-refractivity contribution in [2.45, 2.75) is 25.5 Å². The molecule has 0 aliphatic rings. The maximum absolute atomic E-state index is 12.2. The van der Waals surface area contributed by atoms with Crippen LogP contribution >= 0.6 is 27.7 Å². The Hall–Kier alpha value is -2.06. The smallest absolute Gasteiger partial charge is 0.234 e. The van der Waals surface area contributed by atoms with Crippen molar-refractivity contribution in [2.24, 2.45) is 0 Å². The summed E-state index contributed by atoms with van der Waals surface area (Å²) in [6.07, 6.45) is 1.60. The molecule has 0 atom stereocenters. The molecule has 2 heterocycles. The van der Waals surface area contributed by atoms with E-state index in [9.17, 15) is 4.79 Å². The van der Waals surface area contributed by atoms with Crippen LogP contribution in [0.2, 0.25) is 0 Å². The van der Waals surface area contributed by atoms with Crippen LogP contribution in [0.4, 0.5) is 5.69 Å². The van der Waals surface area contributed by atoms with Crippen molar-refractivity contribution in [1.29, 1.82) is 0 Å². The van der Waals surface area contributed by atoms with Crippen LogP contribution in [0.15, 0.2) is 50.6 Å². The van der Waals surface area contributed by atoms with E-state index in [-0.39, 0.29) is 11.7 Å². The number of benzene rings is 1. The van der Waals surface area contributed by atoms with Gasteiger partial charge in [-0.1, -0.05) is 17.8 Å². The van der Waals surface area contributed by atoms with Crippen LogP contribution in [0, 0.1) is 6.92 Å². The third-order valence-electron chi connectivity index (χ3n) is 3.51. The van der Waals surface area contributed by atoms with E-state index in [1.807, 2.05) is 48.7 Å². The lowest BCUT2D eigenvalue weighted by atomic mass is 10.2. The molecule has 0 spiro atoms. The Labute approximate surface area is 158 Å². The van der Waals surface area contributed by atoms with Gasteiger partial charge in [-0.25, -0.2) is 0 Å². The molecule has 1 amide bonds. The van der Waals surface area contributed by atoms with Crippen molar-refractivity contribution in [3.8, 4) is 11.6 Å².